The second kappa shape index (κ2) is 6.55. The van der Waals surface area contributed by atoms with E-state index in [1.165, 1.54) is 19.3 Å². The lowest BCUT2D eigenvalue weighted by Crippen LogP contribution is -2.38. The van der Waals surface area contributed by atoms with Crippen LogP contribution in [0.3, 0.4) is 0 Å². The normalized spacial score (nSPS) is 17.6. The monoisotopic (exact) mass is 334 g/mol. The summed E-state index contributed by atoms with van der Waals surface area (Å²) in [6, 6.07) is 10.4. The Hall–Kier alpha value is -2.89. The van der Waals surface area contributed by atoms with Gasteiger partial charge in [0.15, 0.2) is 11.6 Å². The predicted molar refractivity (Wildman–Crippen MR) is 102 cm³/mol. The molecule has 0 spiro atoms. The summed E-state index contributed by atoms with van der Waals surface area (Å²) in [5.41, 5.74) is 8.79. The number of nitrogens with two attached hydrogens (primary N) is 1. The Balaban J connectivity index is 1.70. The molecular formula is C19H22N6. The van der Waals surface area contributed by atoms with E-state index in [-0.39, 0.29) is 0 Å². The molecule has 0 radical (unpaired) electrons. The van der Waals surface area contributed by atoms with Crippen molar-refractivity contribution in [2.24, 2.45) is 0 Å². The van der Waals surface area contributed by atoms with Crippen molar-refractivity contribution >= 4 is 33.9 Å². The summed E-state index contributed by atoms with van der Waals surface area (Å²) in [4.78, 5) is 15.6. The lowest BCUT2D eigenvalue weighted by Gasteiger charge is -2.35. The van der Waals surface area contributed by atoms with E-state index >= 15 is 0 Å². The third-order valence-corrected chi connectivity index (χ3v) is 4.82. The first-order chi connectivity index (χ1) is 12.2. The molecule has 0 bridgehead atoms. The maximum Gasteiger partial charge on any atom is 0.159 e. The van der Waals surface area contributed by atoms with Crippen LogP contribution in [0.2, 0.25) is 0 Å². The highest BCUT2D eigenvalue weighted by molar-refractivity contribution is 5.93. The molecule has 0 amide bonds. The molecule has 2 aromatic heterocycles. The first kappa shape index (κ1) is 15.6. The number of hydrogen-bond donors (Lipinski definition) is 2. The number of para-hydroxylation sites is 1. The minimum atomic E-state index is 0.443. The largest absolute Gasteiger partial charge is 0.393 e. The van der Waals surface area contributed by atoms with Crippen LogP contribution in [0.15, 0.2) is 42.9 Å². The first-order valence-electron chi connectivity index (χ1n) is 8.72. The second-order valence-electron chi connectivity index (χ2n) is 6.50. The smallest absolute Gasteiger partial charge is 0.159 e. The van der Waals surface area contributed by atoms with Gasteiger partial charge in [-0.25, -0.2) is 9.97 Å². The zero-order valence-corrected chi connectivity index (χ0v) is 14.3. The van der Waals surface area contributed by atoms with Crippen molar-refractivity contribution < 1.29 is 0 Å². The van der Waals surface area contributed by atoms with Gasteiger partial charge in [0, 0.05) is 24.2 Å². The molecule has 4 rings (SSSR count). The summed E-state index contributed by atoms with van der Waals surface area (Å²) in [5.74, 6) is 1.44. The zero-order valence-electron chi connectivity index (χ0n) is 14.3. The lowest BCUT2D eigenvalue weighted by molar-refractivity contribution is 0.481. The molecule has 1 aromatic carbocycles. The van der Waals surface area contributed by atoms with Gasteiger partial charge in [0.1, 0.15) is 12.0 Å². The van der Waals surface area contributed by atoms with Gasteiger partial charge in [0.25, 0.3) is 0 Å². The summed E-state index contributed by atoms with van der Waals surface area (Å²) in [6.07, 6.45) is 6.96. The maximum atomic E-state index is 6.42. The van der Waals surface area contributed by atoms with Gasteiger partial charge in [-0.3, -0.25) is 4.98 Å². The van der Waals surface area contributed by atoms with E-state index in [0.717, 1.165) is 29.0 Å². The van der Waals surface area contributed by atoms with Gasteiger partial charge in [0.2, 0.25) is 0 Å². The molecule has 1 atom stereocenters. The first-order valence-corrected chi connectivity index (χ1v) is 8.72. The molecule has 6 heteroatoms. The number of pyridine rings is 1. The van der Waals surface area contributed by atoms with Gasteiger partial charge in [-0.2, -0.15) is 0 Å². The van der Waals surface area contributed by atoms with Crippen LogP contribution in [-0.2, 0) is 0 Å². The number of nitrogens with zero attached hydrogens (tertiary/aromatic N) is 4. The minimum absolute atomic E-state index is 0.443. The van der Waals surface area contributed by atoms with Crippen molar-refractivity contribution in [1.29, 1.82) is 0 Å². The number of anilines is 4. The molecule has 6 nitrogen and oxygen atoms in total. The van der Waals surface area contributed by atoms with E-state index in [4.69, 9.17) is 5.73 Å². The molecule has 3 aromatic rings. The highest BCUT2D eigenvalue weighted by Crippen LogP contribution is 2.33. The summed E-state index contributed by atoms with van der Waals surface area (Å²) >= 11 is 0. The minimum Gasteiger partial charge on any atom is -0.393 e. The molecular weight excluding hydrogens is 312 g/mol. The number of fused-ring (bicyclic) bond motifs is 1. The molecule has 1 aliphatic heterocycles. The van der Waals surface area contributed by atoms with Gasteiger partial charge in [-0.1, -0.05) is 18.2 Å². The van der Waals surface area contributed by atoms with Crippen LogP contribution in [0.25, 0.3) is 10.9 Å². The number of nitrogen functional groups attached to an aromatic ring is 1. The van der Waals surface area contributed by atoms with Crippen LogP contribution in [0, 0.1) is 0 Å². The van der Waals surface area contributed by atoms with E-state index in [1.54, 1.807) is 12.5 Å². The third kappa shape index (κ3) is 2.95. The molecule has 1 aliphatic rings. The summed E-state index contributed by atoms with van der Waals surface area (Å²) in [5, 5.41) is 4.42. The van der Waals surface area contributed by atoms with Crippen molar-refractivity contribution in [1.82, 2.24) is 15.0 Å². The van der Waals surface area contributed by atoms with Crippen LogP contribution in [0.5, 0.6) is 0 Å². The van der Waals surface area contributed by atoms with Gasteiger partial charge in [-0.15, -0.1) is 0 Å². The van der Waals surface area contributed by atoms with E-state index < -0.39 is 0 Å². The van der Waals surface area contributed by atoms with Crippen LogP contribution >= 0.6 is 0 Å². The zero-order chi connectivity index (χ0) is 17.2. The topological polar surface area (TPSA) is 80.0 Å². The lowest BCUT2D eigenvalue weighted by atomic mass is 10.0. The molecule has 25 heavy (non-hydrogen) atoms. The van der Waals surface area contributed by atoms with E-state index in [2.05, 4.69) is 32.1 Å². The average molecular weight is 334 g/mol. The van der Waals surface area contributed by atoms with Crippen LogP contribution < -0.4 is 16.0 Å². The van der Waals surface area contributed by atoms with Crippen molar-refractivity contribution in [3.63, 3.8) is 0 Å². The molecule has 1 saturated heterocycles. The number of nitrogens with one attached hydrogen (secondary N) is 1. The molecule has 3 heterocycles. The van der Waals surface area contributed by atoms with Crippen LogP contribution in [0.1, 0.15) is 26.2 Å². The maximum absolute atomic E-state index is 6.42. The summed E-state index contributed by atoms with van der Waals surface area (Å²) < 4.78 is 0. The predicted octanol–water partition coefficient (Wildman–Crippen LogP) is 3.73. The fraction of sp³-hybridized carbons (Fsp3) is 0.316. The third-order valence-electron chi connectivity index (χ3n) is 4.82. The highest BCUT2D eigenvalue weighted by atomic mass is 15.2. The van der Waals surface area contributed by atoms with Gasteiger partial charge in [0.05, 0.1) is 11.2 Å². The number of benzene rings is 1. The number of aromatic nitrogens is 3. The van der Waals surface area contributed by atoms with Crippen molar-refractivity contribution in [3.05, 3.63) is 42.9 Å². The number of rotatable bonds is 3. The Kier molecular flexibility index (Phi) is 4.09. The Morgan fingerprint density at radius 1 is 1.12 bits per heavy atom. The molecule has 128 valence electrons. The van der Waals surface area contributed by atoms with E-state index in [9.17, 15) is 0 Å². The standard InChI is InChI=1S/C19H22N6/c1-13-6-2-3-11-25(13)19-16(20)18(22-12-23-19)24-15-9-4-7-14-8-5-10-21-17(14)15/h4-5,7-10,12-13H,2-3,6,11,20H2,1H3,(H,22,23,24). The Morgan fingerprint density at radius 2 is 2.00 bits per heavy atom. The number of piperidine rings is 1. The second-order valence-corrected chi connectivity index (χ2v) is 6.50. The van der Waals surface area contributed by atoms with Crippen molar-refractivity contribution in [3.8, 4) is 0 Å². The van der Waals surface area contributed by atoms with Gasteiger partial charge < -0.3 is 16.0 Å². The van der Waals surface area contributed by atoms with Crippen molar-refractivity contribution in [2.45, 2.75) is 32.2 Å². The molecule has 0 saturated carbocycles. The summed E-state index contributed by atoms with van der Waals surface area (Å²) in [6.45, 7) is 3.21. The van der Waals surface area contributed by atoms with E-state index in [0.29, 0.717) is 17.5 Å². The Bertz CT molecular complexity index is 889. The molecule has 1 fully saturated rings. The van der Waals surface area contributed by atoms with Gasteiger partial charge >= 0.3 is 0 Å². The fourth-order valence-electron chi connectivity index (χ4n) is 3.46. The summed E-state index contributed by atoms with van der Waals surface area (Å²) in [7, 11) is 0. The Morgan fingerprint density at radius 3 is 2.88 bits per heavy atom. The van der Waals surface area contributed by atoms with Crippen molar-refractivity contribution in [2.75, 3.05) is 22.5 Å². The SMILES string of the molecule is CC1CCCCN1c1ncnc(Nc2cccc3cccnc23)c1N. The van der Waals surface area contributed by atoms with Crippen LogP contribution in [-0.4, -0.2) is 27.5 Å². The van der Waals surface area contributed by atoms with E-state index in [1.807, 2.05) is 30.3 Å². The fourth-order valence-corrected chi connectivity index (χ4v) is 3.46. The molecule has 0 aliphatic carbocycles. The molecule has 3 N–H and O–H groups in total. The highest BCUT2D eigenvalue weighted by Gasteiger charge is 2.23. The Labute approximate surface area is 147 Å². The molecule has 1 unspecified atom stereocenters. The quantitative estimate of drug-likeness (QED) is 0.760. The number of hydrogen-bond acceptors (Lipinski definition) is 6. The van der Waals surface area contributed by atoms with Gasteiger partial charge in [-0.05, 0) is 38.3 Å². The van der Waals surface area contributed by atoms with Crippen LogP contribution in [0.4, 0.5) is 23.0 Å². The average Bonchev–Trinajstić information content (AvgIpc) is 2.64.